The van der Waals surface area contributed by atoms with Crippen molar-refractivity contribution in [2.45, 2.75) is 97.2 Å². The summed E-state index contributed by atoms with van der Waals surface area (Å²) in [6, 6.07) is 19.2. The van der Waals surface area contributed by atoms with Crippen LogP contribution in [-0.2, 0) is 24.2 Å². The van der Waals surface area contributed by atoms with Crippen LogP contribution in [0.3, 0.4) is 0 Å². The first-order valence-corrected chi connectivity index (χ1v) is 13.3. The van der Waals surface area contributed by atoms with Crippen LogP contribution in [0, 0.1) is 0 Å². The van der Waals surface area contributed by atoms with Gasteiger partial charge in [0.15, 0.2) is 0 Å². The van der Waals surface area contributed by atoms with Gasteiger partial charge in [-0.3, -0.25) is 0 Å². The van der Waals surface area contributed by atoms with Crippen molar-refractivity contribution >= 4 is 0 Å². The van der Waals surface area contributed by atoms with Crippen molar-refractivity contribution in [1.82, 2.24) is 9.97 Å². The third kappa shape index (κ3) is 9.77. The molecule has 0 aliphatic heterocycles. The van der Waals surface area contributed by atoms with Gasteiger partial charge in [0, 0.05) is 24.4 Å². The van der Waals surface area contributed by atoms with Crippen LogP contribution < -0.4 is 0 Å². The third-order valence-electron chi connectivity index (χ3n) is 6.46. The molecule has 1 unspecified atom stereocenters. The second kappa shape index (κ2) is 15.4. The highest BCUT2D eigenvalue weighted by molar-refractivity contribution is 5.61. The Hall–Kier alpha value is -2.52. The Kier molecular flexibility index (Phi) is 11.8. The van der Waals surface area contributed by atoms with E-state index >= 15 is 0 Å². The van der Waals surface area contributed by atoms with Gasteiger partial charge in [-0.1, -0.05) is 106 Å². The van der Waals surface area contributed by atoms with Crippen LogP contribution in [0.2, 0.25) is 0 Å². The molecule has 0 saturated heterocycles. The number of hydrogen-bond donors (Lipinski definition) is 0. The van der Waals surface area contributed by atoms with Crippen LogP contribution in [0.4, 0.5) is 0 Å². The minimum atomic E-state index is 0.178. The topological polar surface area (TPSA) is 35.0 Å². The first-order valence-electron chi connectivity index (χ1n) is 13.3. The summed E-state index contributed by atoms with van der Waals surface area (Å²) in [6.45, 7) is 5.04. The summed E-state index contributed by atoms with van der Waals surface area (Å²) < 4.78 is 5.96. The van der Waals surface area contributed by atoms with Crippen molar-refractivity contribution in [2.24, 2.45) is 0 Å². The van der Waals surface area contributed by atoms with Gasteiger partial charge in [-0.25, -0.2) is 9.97 Å². The van der Waals surface area contributed by atoms with Gasteiger partial charge in [-0.05, 0) is 42.9 Å². The summed E-state index contributed by atoms with van der Waals surface area (Å²) in [5.74, 6) is 0.880. The van der Waals surface area contributed by atoms with Gasteiger partial charge in [0.2, 0.25) is 0 Å². The number of rotatable bonds is 16. The van der Waals surface area contributed by atoms with Gasteiger partial charge < -0.3 is 4.74 Å². The molecule has 1 heterocycles. The summed E-state index contributed by atoms with van der Waals surface area (Å²) >= 11 is 0. The van der Waals surface area contributed by atoms with Crippen molar-refractivity contribution in [3.8, 4) is 11.1 Å². The molecule has 1 aromatic heterocycles. The lowest BCUT2D eigenvalue weighted by Crippen LogP contribution is -2.10. The molecule has 0 spiro atoms. The lowest BCUT2D eigenvalue weighted by molar-refractivity contribution is 0.0475. The summed E-state index contributed by atoms with van der Waals surface area (Å²) in [4.78, 5) is 9.20. The Bertz CT molecular complexity index is 906. The van der Waals surface area contributed by atoms with Gasteiger partial charge in [0.1, 0.15) is 5.82 Å². The van der Waals surface area contributed by atoms with E-state index in [0.717, 1.165) is 24.2 Å². The Morgan fingerprint density at radius 1 is 0.676 bits per heavy atom. The monoisotopic (exact) mass is 458 g/mol. The highest BCUT2D eigenvalue weighted by atomic mass is 16.5. The fourth-order valence-corrected chi connectivity index (χ4v) is 4.19. The summed E-state index contributed by atoms with van der Waals surface area (Å²) in [7, 11) is 0. The van der Waals surface area contributed by atoms with E-state index in [1.165, 1.54) is 74.5 Å². The minimum absolute atomic E-state index is 0.178. The standard InChI is InChI=1S/C31H42N2O/c1-3-4-5-6-7-8-9-11-14-27-18-20-29(21-19-27)30-23-32-31(33-24-30)22-17-26(2)34-25-28-15-12-10-13-16-28/h10,12-13,15-16,18-21,23-24,26H,3-9,11,14,17,22,25H2,1-2H3. The van der Waals surface area contributed by atoms with Crippen molar-refractivity contribution in [3.63, 3.8) is 0 Å². The van der Waals surface area contributed by atoms with Crippen molar-refractivity contribution in [2.75, 3.05) is 0 Å². The molecule has 2 aromatic carbocycles. The molecular weight excluding hydrogens is 416 g/mol. The first kappa shape index (κ1) is 26.1. The van der Waals surface area contributed by atoms with Gasteiger partial charge >= 0.3 is 0 Å². The van der Waals surface area contributed by atoms with Crippen LogP contribution in [0.5, 0.6) is 0 Å². The second-order valence-electron chi connectivity index (χ2n) is 9.46. The number of aryl methyl sites for hydroxylation is 2. The molecular formula is C31H42N2O. The molecule has 182 valence electrons. The third-order valence-corrected chi connectivity index (χ3v) is 6.46. The molecule has 3 rings (SSSR count). The first-order chi connectivity index (χ1) is 16.7. The molecule has 0 saturated carbocycles. The molecule has 0 bridgehead atoms. The molecule has 3 nitrogen and oxygen atoms in total. The number of benzene rings is 2. The zero-order chi connectivity index (χ0) is 23.8. The maximum absolute atomic E-state index is 5.96. The number of nitrogens with zero attached hydrogens (tertiary/aromatic N) is 2. The normalized spacial score (nSPS) is 12.1. The maximum atomic E-state index is 5.96. The SMILES string of the molecule is CCCCCCCCCCc1ccc(-c2cnc(CCC(C)OCc3ccccc3)nc2)cc1. The van der Waals surface area contributed by atoms with Gasteiger partial charge in [0.25, 0.3) is 0 Å². The van der Waals surface area contributed by atoms with Gasteiger partial charge in [0.05, 0.1) is 12.7 Å². The van der Waals surface area contributed by atoms with E-state index in [1.54, 1.807) is 0 Å². The number of hydrogen-bond acceptors (Lipinski definition) is 3. The van der Waals surface area contributed by atoms with Crippen LogP contribution >= 0.6 is 0 Å². The lowest BCUT2D eigenvalue weighted by Gasteiger charge is -2.12. The highest BCUT2D eigenvalue weighted by Crippen LogP contribution is 2.20. The Balaban J connectivity index is 1.35. The molecule has 0 fully saturated rings. The molecule has 0 radical (unpaired) electrons. The van der Waals surface area contributed by atoms with Crippen LogP contribution in [0.15, 0.2) is 67.0 Å². The van der Waals surface area contributed by atoms with E-state index in [-0.39, 0.29) is 6.10 Å². The number of ether oxygens (including phenoxy) is 1. The lowest BCUT2D eigenvalue weighted by atomic mass is 10.0. The van der Waals surface area contributed by atoms with Gasteiger partial charge in [-0.2, -0.15) is 0 Å². The van der Waals surface area contributed by atoms with Crippen LogP contribution in [-0.4, -0.2) is 16.1 Å². The van der Waals surface area contributed by atoms with E-state index < -0.39 is 0 Å². The van der Waals surface area contributed by atoms with Crippen molar-refractivity contribution < 1.29 is 4.74 Å². The van der Waals surface area contributed by atoms with Gasteiger partial charge in [-0.15, -0.1) is 0 Å². The number of unbranched alkanes of at least 4 members (excludes halogenated alkanes) is 7. The Morgan fingerprint density at radius 3 is 2.00 bits per heavy atom. The minimum Gasteiger partial charge on any atom is -0.374 e. The van der Waals surface area contributed by atoms with Crippen LogP contribution in [0.25, 0.3) is 11.1 Å². The molecule has 0 amide bonds. The fraction of sp³-hybridized carbons (Fsp3) is 0.484. The molecule has 0 aliphatic carbocycles. The zero-order valence-corrected chi connectivity index (χ0v) is 21.2. The number of aromatic nitrogens is 2. The molecule has 1 atom stereocenters. The van der Waals surface area contributed by atoms with E-state index in [2.05, 4.69) is 60.2 Å². The summed E-state index contributed by atoms with van der Waals surface area (Å²) in [5, 5.41) is 0. The predicted molar refractivity (Wildman–Crippen MR) is 143 cm³/mol. The van der Waals surface area contributed by atoms with Crippen LogP contribution in [0.1, 0.15) is 88.6 Å². The zero-order valence-electron chi connectivity index (χ0n) is 21.2. The fourth-order valence-electron chi connectivity index (χ4n) is 4.19. The van der Waals surface area contributed by atoms with Crippen molar-refractivity contribution in [1.29, 1.82) is 0 Å². The van der Waals surface area contributed by atoms with E-state index in [4.69, 9.17) is 4.74 Å². The molecule has 0 N–H and O–H groups in total. The predicted octanol–water partition coefficient (Wildman–Crippen LogP) is 8.36. The van der Waals surface area contributed by atoms with E-state index in [1.807, 2.05) is 30.6 Å². The molecule has 0 aliphatic rings. The highest BCUT2D eigenvalue weighted by Gasteiger charge is 2.06. The van der Waals surface area contributed by atoms with E-state index in [0.29, 0.717) is 6.61 Å². The molecule has 3 aromatic rings. The molecule has 34 heavy (non-hydrogen) atoms. The summed E-state index contributed by atoms with van der Waals surface area (Å²) in [6.07, 6.45) is 17.9. The Morgan fingerprint density at radius 2 is 1.32 bits per heavy atom. The summed E-state index contributed by atoms with van der Waals surface area (Å²) in [5.41, 5.74) is 4.90. The van der Waals surface area contributed by atoms with Crippen molar-refractivity contribution in [3.05, 3.63) is 83.9 Å². The second-order valence-corrected chi connectivity index (χ2v) is 9.46. The average Bonchev–Trinajstić information content (AvgIpc) is 2.89. The average molecular weight is 459 g/mol. The Labute approximate surface area is 207 Å². The quantitative estimate of drug-likeness (QED) is 0.202. The largest absolute Gasteiger partial charge is 0.374 e. The smallest absolute Gasteiger partial charge is 0.128 e. The molecule has 3 heteroatoms. The van der Waals surface area contributed by atoms with E-state index in [9.17, 15) is 0 Å². The maximum Gasteiger partial charge on any atom is 0.128 e.